The Morgan fingerprint density at radius 2 is 1.12 bits per heavy atom. The second-order valence-corrected chi connectivity index (χ2v) is 19.2. The summed E-state index contributed by atoms with van der Waals surface area (Å²) in [5.74, 6) is -0.515. The second-order valence-electron chi connectivity index (χ2n) is 19.2. The fraction of sp³-hybridized carbons (Fsp3) is 0.644. The Hall–Kier alpha value is -4.36. The van der Waals surface area contributed by atoms with Crippen LogP contribution < -0.4 is 14.2 Å². The maximum atomic E-state index is 14.0. The van der Waals surface area contributed by atoms with E-state index in [0.717, 1.165) is 16.7 Å². The molecule has 0 amide bonds. The quantitative estimate of drug-likeness (QED) is 0.169. The van der Waals surface area contributed by atoms with E-state index in [1.807, 2.05) is 36.4 Å². The third kappa shape index (κ3) is 11.0. The highest BCUT2D eigenvalue weighted by Crippen LogP contribution is 2.44. The van der Waals surface area contributed by atoms with Gasteiger partial charge in [0.2, 0.25) is 0 Å². The van der Waals surface area contributed by atoms with Gasteiger partial charge in [-0.15, -0.1) is 0 Å². The lowest BCUT2D eigenvalue weighted by Gasteiger charge is -2.51. The summed E-state index contributed by atoms with van der Waals surface area (Å²) < 4.78 is 48.8. The Bertz CT molecular complexity index is 1780. The van der Waals surface area contributed by atoms with Crippen LogP contribution in [0, 0.1) is 21.7 Å². The van der Waals surface area contributed by atoms with E-state index >= 15 is 0 Å². The van der Waals surface area contributed by atoms with Crippen LogP contribution in [-0.4, -0.2) is 93.9 Å². The van der Waals surface area contributed by atoms with Gasteiger partial charge < -0.3 is 37.9 Å². The minimum Gasteiger partial charge on any atom is -0.497 e. The van der Waals surface area contributed by atoms with Gasteiger partial charge in [0.1, 0.15) is 18.5 Å². The summed E-state index contributed by atoms with van der Waals surface area (Å²) in [4.78, 5) is 57.1. The Balaban J connectivity index is 1.99. The standard InChI is InChI=1S/C45H65NO12/c1-42(2,3)38(47)54-25-33-34(56-39(48)43(4,5)6)35(57-40(49)44(7,8)9)36(58-41(50)45(10,11)12)37(55-33)46-21-20-27-23-31(52-14)32(53-15)24-29(27)30(46)22-26-16-18-28(51-13)19-17-26/h16-19,23-24,30,33-37H,20-22,25H2,1-15H3. The van der Waals surface area contributed by atoms with Crippen LogP contribution in [0.5, 0.6) is 17.2 Å². The molecule has 2 aliphatic heterocycles. The molecule has 1 fully saturated rings. The van der Waals surface area contributed by atoms with Crippen LogP contribution in [0.15, 0.2) is 36.4 Å². The normalized spacial score (nSPS) is 22.9. The van der Waals surface area contributed by atoms with Crippen LogP contribution in [0.2, 0.25) is 0 Å². The Kier molecular flexibility index (Phi) is 14.3. The van der Waals surface area contributed by atoms with Crippen LogP contribution >= 0.6 is 0 Å². The molecule has 0 spiro atoms. The maximum Gasteiger partial charge on any atom is 0.311 e. The zero-order valence-corrected chi connectivity index (χ0v) is 37.1. The van der Waals surface area contributed by atoms with Crippen molar-refractivity contribution >= 4 is 23.9 Å². The van der Waals surface area contributed by atoms with E-state index in [9.17, 15) is 19.2 Å². The van der Waals surface area contributed by atoms with Crippen molar-refractivity contribution in [2.75, 3.05) is 34.5 Å². The third-order valence-corrected chi connectivity index (χ3v) is 10.1. The first-order valence-electron chi connectivity index (χ1n) is 19.9. The molecule has 2 heterocycles. The molecular formula is C45H65NO12. The molecule has 2 aromatic carbocycles. The van der Waals surface area contributed by atoms with Crippen molar-refractivity contribution < 1.29 is 57.1 Å². The van der Waals surface area contributed by atoms with Crippen LogP contribution in [-0.2, 0) is 55.7 Å². The molecule has 13 heteroatoms. The van der Waals surface area contributed by atoms with Gasteiger partial charge in [-0.2, -0.15) is 0 Å². The van der Waals surface area contributed by atoms with Gasteiger partial charge in [0, 0.05) is 12.6 Å². The molecule has 13 nitrogen and oxygen atoms in total. The van der Waals surface area contributed by atoms with Crippen molar-refractivity contribution in [1.82, 2.24) is 4.90 Å². The molecule has 0 bridgehead atoms. The highest BCUT2D eigenvalue weighted by molar-refractivity contribution is 5.78. The fourth-order valence-electron chi connectivity index (χ4n) is 6.54. The van der Waals surface area contributed by atoms with Gasteiger partial charge >= 0.3 is 23.9 Å². The molecule has 0 radical (unpaired) electrons. The monoisotopic (exact) mass is 811 g/mol. The van der Waals surface area contributed by atoms with Gasteiger partial charge in [0.15, 0.2) is 36.0 Å². The van der Waals surface area contributed by atoms with Crippen molar-refractivity contribution in [1.29, 1.82) is 0 Å². The lowest BCUT2D eigenvalue weighted by atomic mass is 9.86. The average molecular weight is 812 g/mol. The van der Waals surface area contributed by atoms with Crippen LogP contribution in [0.1, 0.15) is 106 Å². The van der Waals surface area contributed by atoms with E-state index in [2.05, 4.69) is 4.90 Å². The number of esters is 4. The molecule has 6 unspecified atom stereocenters. The topological polar surface area (TPSA) is 145 Å². The van der Waals surface area contributed by atoms with Gasteiger partial charge in [-0.3, -0.25) is 24.1 Å². The van der Waals surface area contributed by atoms with Crippen LogP contribution in [0.4, 0.5) is 0 Å². The molecule has 1 saturated heterocycles. The molecule has 4 rings (SSSR count). The number of hydrogen-bond donors (Lipinski definition) is 0. The molecule has 6 atom stereocenters. The van der Waals surface area contributed by atoms with Crippen molar-refractivity contribution in [3.63, 3.8) is 0 Å². The van der Waals surface area contributed by atoms with Crippen molar-refractivity contribution in [3.8, 4) is 17.2 Å². The summed E-state index contributed by atoms with van der Waals surface area (Å²) >= 11 is 0. The summed E-state index contributed by atoms with van der Waals surface area (Å²) in [6.07, 6.45) is -5.30. The lowest BCUT2D eigenvalue weighted by molar-refractivity contribution is -0.288. The van der Waals surface area contributed by atoms with E-state index in [4.69, 9.17) is 37.9 Å². The summed E-state index contributed by atoms with van der Waals surface area (Å²) in [6, 6.07) is 11.2. The molecule has 2 aromatic rings. The first-order valence-corrected chi connectivity index (χ1v) is 19.9. The Morgan fingerprint density at radius 3 is 1.60 bits per heavy atom. The SMILES string of the molecule is COc1ccc(CC2c3cc(OC)c(OC)cc3CCN2C2OC(COC(=O)C(C)(C)C)C(OC(=O)C(C)(C)C)C(OC(=O)C(C)(C)C)C2OC(=O)C(C)(C)C)cc1. The van der Waals surface area contributed by atoms with E-state index in [0.29, 0.717) is 36.6 Å². The lowest BCUT2D eigenvalue weighted by Crippen LogP contribution is -2.68. The largest absolute Gasteiger partial charge is 0.497 e. The van der Waals surface area contributed by atoms with Gasteiger partial charge in [0.05, 0.1) is 43.0 Å². The van der Waals surface area contributed by atoms with E-state index in [1.54, 1.807) is 104 Å². The minimum absolute atomic E-state index is 0.350. The highest BCUT2D eigenvalue weighted by atomic mass is 16.7. The van der Waals surface area contributed by atoms with Crippen molar-refractivity contribution in [2.45, 2.75) is 133 Å². The number of carbonyl (C=O) groups excluding carboxylic acids is 4. The first-order chi connectivity index (χ1) is 26.8. The number of nitrogens with zero attached hydrogens (tertiary/aromatic N) is 1. The maximum absolute atomic E-state index is 14.0. The fourth-order valence-corrected chi connectivity index (χ4v) is 6.54. The molecule has 0 saturated carbocycles. The minimum atomic E-state index is -1.38. The number of benzene rings is 2. The number of fused-ring (bicyclic) bond motifs is 1. The summed E-state index contributed by atoms with van der Waals surface area (Å²) in [6.45, 7) is 20.6. The van der Waals surface area contributed by atoms with Gasteiger partial charge in [-0.05, 0) is 137 Å². The number of rotatable bonds is 11. The van der Waals surface area contributed by atoms with Crippen LogP contribution in [0.25, 0.3) is 0 Å². The van der Waals surface area contributed by atoms with Crippen molar-refractivity contribution in [2.24, 2.45) is 21.7 Å². The predicted octanol–water partition coefficient (Wildman–Crippen LogP) is 7.04. The van der Waals surface area contributed by atoms with Crippen LogP contribution in [0.3, 0.4) is 0 Å². The number of carbonyl (C=O) groups is 4. The molecule has 2 aliphatic rings. The van der Waals surface area contributed by atoms with E-state index < -0.39 is 82.2 Å². The zero-order valence-electron chi connectivity index (χ0n) is 37.1. The van der Waals surface area contributed by atoms with E-state index in [-0.39, 0.29) is 6.61 Å². The highest BCUT2D eigenvalue weighted by Gasteiger charge is 2.57. The van der Waals surface area contributed by atoms with Gasteiger partial charge in [-0.25, -0.2) is 0 Å². The number of ether oxygens (including phenoxy) is 8. The molecule has 322 valence electrons. The van der Waals surface area contributed by atoms with Crippen molar-refractivity contribution in [3.05, 3.63) is 53.1 Å². The Morgan fingerprint density at radius 1 is 0.638 bits per heavy atom. The second kappa shape index (κ2) is 17.9. The first kappa shape index (κ1) is 46.3. The third-order valence-electron chi connectivity index (χ3n) is 10.1. The summed E-state index contributed by atoms with van der Waals surface area (Å²) in [5.41, 5.74) is -0.926. The Labute approximate surface area is 344 Å². The summed E-state index contributed by atoms with van der Waals surface area (Å²) in [7, 11) is 4.77. The molecule has 58 heavy (non-hydrogen) atoms. The van der Waals surface area contributed by atoms with Gasteiger partial charge in [0.25, 0.3) is 0 Å². The molecule has 0 aliphatic carbocycles. The average Bonchev–Trinajstić information content (AvgIpc) is 3.13. The zero-order chi connectivity index (χ0) is 43.5. The molecular weight excluding hydrogens is 746 g/mol. The number of hydrogen-bond acceptors (Lipinski definition) is 13. The smallest absolute Gasteiger partial charge is 0.311 e. The number of methoxy groups -OCH3 is 3. The van der Waals surface area contributed by atoms with E-state index in [1.165, 1.54) is 0 Å². The predicted molar refractivity (Wildman–Crippen MR) is 216 cm³/mol. The molecule has 0 N–H and O–H groups in total. The summed E-state index contributed by atoms with van der Waals surface area (Å²) in [5, 5.41) is 0. The van der Waals surface area contributed by atoms with Gasteiger partial charge in [-0.1, -0.05) is 12.1 Å². The molecule has 0 aromatic heterocycles.